The summed E-state index contributed by atoms with van der Waals surface area (Å²) in [5.74, 6) is 1.00. The summed E-state index contributed by atoms with van der Waals surface area (Å²) in [6, 6.07) is 16.6. The molecule has 0 amide bonds. The Balaban J connectivity index is 1.24. The molecule has 1 N–H and O–H groups in total. The highest BCUT2D eigenvalue weighted by molar-refractivity contribution is 5.88. The van der Waals surface area contributed by atoms with E-state index in [4.69, 9.17) is 9.72 Å². The van der Waals surface area contributed by atoms with Crippen molar-refractivity contribution in [2.75, 3.05) is 50.6 Å². The SMILES string of the molecule is CN(C)c1ccccc1-c1ccc2c(c1)-c1c(ncnc1NC1CCC(N3CCOCC3)CC1)C2. The molecule has 2 aliphatic carbocycles. The van der Waals surface area contributed by atoms with Gasteiger partial charge in [-0.25, -0.2) is 9.97 Å². The Bertz CT molecular complexity index is 1200. The van der Waals surface area contributed by atoms with Gasteiger partial charge in [-0.15, -0.1) is 0 Å². The molecule has 2 aromatic carbocycles. The van der Waals surface area contributed by atoms with Gasteiger partial charge in [-0.1, -0.05) is 30.3 Å². The Kier molecular flexibility index (Phi) is 6.17. The lowest BCUT2D eigenvalue weighted by atomic mass is 9.89. The number of morpholine rings is 1. The maximum absolute atomic E-state index is 5.55. The molecule has 3 aromatic rings. The summed E-state index contributed by atoms with van der Waals surface area (Å²) in [7, 11) is 4.20. The minimum absolute atomic E-state index is 0.466. The van der Waals surface area contributed by atoms with E-state index in [-0.39, 0.29) is 0 Å². The van der Waals surface area contributed by atoms with Gasteiger partial charge >= 0.3 is 0 Å². The number of hydrogen-bond donors (Lipinski definition) is 1. The van der Waals surface area contributed by atoms with Crippen molar-refractivity contribution in [2.24, 2.45) is 0 Å². The predicted molar refractivity (Wildman–Crippen MR) is 142 cm³/mol. The second kappa shape index (κ2) is 9.59. The van der Waals surface area contributed by atoms with E-state index >= 15 is 0 Å². The van der Waals surface area contributed by atoms with Gasteiger partial charge in [0, 0.05) is 62.5 Å². The second-order valence-electron chi connectivity index (χ2n) is 10.3. The van der Waals surface area contributed by atoms with Gasteiger partial charge in [0.2, 0.25) is 0 Å². The molecule has 2 fully saturated rings. The van der Waals surface area contributed by atoms with Crippen molar-refractivity contribution < 1.29 is 4.74 Å². The van der Waals surface area contributed by atoms with Crippen LogP contribution in [0.15, 0.2) is 48.8 Å². The first-order chi connectivity index (χ1) is 17.2. The molecule has 6 rings (SSSR count). The number of hydrogen-bond acceptors (Lipinski definition) is 6. The predicted octanol–water partition coefficient (Wildman–Crippen LogP) is 4.84. The van der Waals surface area contributed by atoms with E-state index < -0.39 is 0 Å². The summed E-state index contributed by atoms with van der Waals surface area (Å²) in [6.45, 7) is 3.92. The maximum atomic E-state index is 5.55. The zero-order valence-electron chi connectivity index (χ0n) is 20.8. The standard InChI is InChI=1S/C29H35N5O/c1-33(2)27-6-4-3-5-24(27)20-7-8-21-18-26-28(25(21)17-20)29(31-19-30-26)32-22-9-11-23(12-10-22)34-13-15-35-16-14-34/h3-8,17,19,22-23H,9-16,18H2,1-2H3,(H,30,31,32). The van der Waals surface area contributed by atoms with Crippen molar-refractivity contribution in [3.05, 3.63) is 60.0 Å². The highest BCUT2D eigenvalue weighted by Crippen LogP contribution is 2.43. The molecule has 1 aliphatic heterocycles. The molecular formula is C29H35N5O. The van der Waals surface area contributed by atoms with Crippen LogP contribution in [0.3, 0.4) is 0 Å². The van der Waals surface area contributed by atoms with Crippen LogP contribution >= 0.6 is 0 Å². The Labute approximate surface area is 208 Å². The van der Waals surface area contributed by atoms with E-state index in [9.17, 15) is 0 Å². The first-order valence-corrected chi connectivity index (χ1v) is 13.0. The third kappa shape index (κ3) is 4.41. The lowest BCUT2D eigenvalue weighted by molar-refractivity contribution is 0.00791. The van der Waals surface area contributed by atoms with Crippen molar-refractivity contribution in [1.29, 1.82) is 0 Å². The van der Waals surface area contributed by atoms with Crippen molar-refractivity contribution in [3.8, 4) is 22.3 Å². The number of fused-ring (bicyclic) bond motifs is 3. The van der Waals surface area contributed by atoms with Crippen LogP contribution in [0.4, 0.5) is 11.5 Å². The van der Waals surface area contributed by atoms with E-state index in [0.29, 0.717) is 12.1 Å². The second-order valence-corrected chi connectivity index (χ2v) is 10.3. The van der Waals surface area contributed by atoms with Crippen molar-refractivity contribution in [3.63, 3.8) is 0 Å². The summed E-state index contributed by atoms with van der Waals surface area (Å²) in [4.78, 5) is 14.2. The van der Waals surface area contributed by atoms with E-state index in [2.05, 4.69) is 76.7 Å². The molecule has 0 bridgehead atoms. The number of para-hydroxylation sites is 1. The van der Waals surface area contributed by atoms with Crippen LogP contribution in [0.2, 0.25) is 0 Å². The lowest BCUT2D eigenvalue weighted by Crippen LogP contribution is -2.46. The average Bonchev–Trinajstić information content (AvgIpc) is 3.28. The average molecular weight is 470 g/mol. The van der Waals surface area contributed by atoms with Gasteiger partial charge in [0.05, 0.1) is 18.9 Å². The molecule has 6 heteroatoms. The summed E-state index contributed by atoms with van der Waals surface area (Å²) in [5, 5.41) is 3.83. The van der Waals surface area contributed by atoms with Gasteiger partial charge in [-0.2, -0.15) is 0 Å². The monoisotopic (exact) mass is 469 g/mol. The number of anilines is 2. The normalized spacial score (nSPS) is 21.9. The third-order valence-corrected chi connectivity index (χ3v) is 7.96. The minimum atomic E-state index is 0.466. The number of ether oxygens (including phenoxy) is 1. The molecule has 0 radical (unpaired) electrons. The molecule has 35 heavy (non-hydrogen) atoms. The van der Waals surface area contributed by atoms with Gasteiger partial charge in [-0.3, -0.25) is 4.90 Å². The summed E-state index contributed by atoms with van der Waals surface area (Å²) in [5.41, 5.74) is 8.66. The number of aromatic nitrogens is 2. The van der Waals surface area contributed by atoms with Gasteiger partial charge in [0.15, 0.2) is 0 Å². The fourth-order valence-electron chi connectivity index (χ4n) is 6.09. The van der Waals surface area contributed by atoms with Crippen LogP contribution in [0.5, 0.6) is 0 Å². The fraction of sp³-hybridized carbons (Fsp3) is 0.448. The van der Waals surface area contributed by atoms with E-state index in [1.165, 1.54) is 59.2 Å². The van der Waals surface area contributed by atoms with Crippen LogP contribution in [0.25, 0.3) is 22.3 Å². The van der Waals surface area contributed by atoms with Crippen molar-refractivity contribution >= 4 is 11.5 Å². The van der Waals surface area contributed by atoms with Gasteiger partial charge < -0.3 is 15.0 Å². The maximum Gasteiger partial charge on any atom is 0.137 e. The zero-order chi connectivity index (χ0) is 23.8. The summed E-state index contributed by atoms with van der Waals surface area (Å²) < 4.78 is 5.55. The Morgan fingerprint density at radius 1 is 0.943 bits per heavy atom. The van der Waals surface area contributed by atoms with Gasteiger partial charge in [-0.05, 0) is 54.5 Å². The molecule has 2 heterocycles. The largest absolute Gasteiger partial charge is 0.379 e. The molecule has 6 nitrogen and oxygen atoms in total. The quantitative estimate of drug-likeness (QED) is 0.452. The zero-order valence-corrected chi connectivity index (χ0v) is 20.8. The van der Waals surface area contributed by atoms with E-state index in [1.54, 1.807) is 6.33 Å². The third-order valence-electron chi connectivity index (χ3n) is 7.96. The Morgan fingerprint density at radius 2 is 1.74 bits per heavy atom. The van der Waals surface area contributed by atoms with Crippen LogP contribution in [-0.4, -0.2) is 67.4 Å². The molecule has 3 aliphatic rings. The van der Waals surface area contributed by atoms with Gasteiger partial charge in [0.1, 0.15) is 12.1 Å². The topological polar surface area (TPSA) is 53.5 Å². The molecule has 182 valence electrons. The number of nitrogens with one attached hydrogen (secondary N) is 1. The van der Waals surface area contributed by atoms with Crippen LogP contribution in [0.1, 0.15) is 36.9 Å². The Hall–Kier alpha value is -2.96. The smallest absolute Gasteiger partial charge is 0.137 e. The summed E-state index contributed by atoms with van der Waals surface area (Å²) in [6.07, 6.45) is 7.46. The molecule has 0 atom stereocenters. The Morgan fingerprint density at radius 3 is 2.54 bits per heavy atom. The molecule has 0 unspecified atom stereocenters. The number of nitrogens with zero attached hydrogens (tertiary/aromatic N) is 4. The molecule has 1 saturated heterocycles. The minimum Gasteiger partial charge on any atom is -0.379 e. The van der Waals surface area contributed by atoms with Crippen molar-refractivity contribution in [1.82, 2.24) is 14.9 Å². The van der Waals surface area contributed by atoms with Crippen LogP contribution in [-0.2, 0) is 11.2 Å². The lowest BCUT2D eigenvalue weighted by Gasteiger charge is -2.39. The van der Waals surface area contributed by atoms with E-state index in [0.717, 1.165) is 44.2 Å². The number of rotatable bonds is 5. The molecule has 1 saturated carbocycles. The molecule has 0 spiro atoms. The summed E-state index contributed by atoms with van der Waals surface area (Å²) >= 11 is 0. The number of benzene rings is 2. The fourth-order valence-corrected chi connectivity index (χ4v) is 6.09. The van der Waals surface area contributed by atoms with Crippen molar-refractivity contribution in [2.45, 2.75) is 44.2 Å². The highest BCUT2D eigenvalue weighted by Gasteiger charge is 2.29. The first-order valence-electron chi connectivity index (χ1n) is 13.0. The highest BCUT2D eigenvalue weighted by atomic mass is 16.5. The first kappa shape index (κ1) is 22.5. The molecule has 1 aromatic heterocycles. The van der Waals surface area contributed by atoms with Gasteiger partial charge in [0.25, 0.3) is 0 Å². The van der Waals surface area contributed by atoms with Crippen LogP contribution < -0.4 is 10.2 Å². The van der Waals surface area contributed by atoms with E-state index in [1.807, 2.05) is 0 Å². The van der Waals surface area contributed by atoms with Crippen LogP contribution in [0, 0.1) is 0 Å². The molecular weight excluding hydrogens is 434 g/mol.